The van der Waals surface area contributed by atoms with Crippen molar-refractivity contribution < 1.29 is 5.71 Å². The van der Waals surface area contributed by atoms with Crippen LogP contribution in [0, 0.1) is 0 Å². The Kier molecular flexibility index (Phi) is 5.93. The first-order valence-electron chi connectivity index (χ1n) is 4.82. The van der Waals surface area contributed by atoms with Crippen LogP contribution in [-0.2, 0) is 19.3 Å². The number of aryl methyl sites for hydroxylation is 1. The van der Waals surface area contributed by atoms with Crippen LogP contribution in [0.4, 0.5) is 5.69 Å². The molecule has 1 nitrogen and oxygen atoms in total. The molecule has 0 saturated carbocycles. The van der Waals surface area contributed by atoms with Crippen molar-refractivity contribution in [3.63, 3.8) is 0 Å². The molecular weight excluding hydrogens is 324 g/mol. The van der Waals surface area contributed by atoms with Gasteiger partial charge in [0, 0.05) is 12.2 Å². The van der Waals surface area contributed by atoms with Crippen molar-refractivity contribution in [1.82, 2.24) is 0 Å². The Bertz CT molecular complexity index is 319. The molecule has 0 amide bonds. The van der Waals surface area contributed by atoms with Gasteiger partial charge in [0.1, 0.15) is 0 Å². The molecule has 1 aliphatic heterocycles. The van der Waals surface area contributed by atoms with Crippen molar-refractivity contribution in [2.75, 3.05) is 11.9 Å². The van der Waals surface area contributed by atoms with Crippen LogP contribution in [0.5, 0.6) is 0 Å². The normalized spacial score (nSPS) is 16.0. The predicted molar refractivity (Wildman–Crippen MR) is 66.6 cm³/mol. The Morgan fingerprint density at radius 3 is 2.79 bits per heavy atom. The molecule has 0 atom stereocenters. The van der Waals surface area contributed by atoms with E-state index in [1.165, 1.54) is 31.4 Å². The molecule has 3 heteroatoms. The first-order chi connectivity index (χ1) is 5.95. The van der Waals surface area contributed by atoms with E-state index in [0.29, 0.717) is 0 Å². The predicted octanol–water partition coefficient (Wildman–Crippen LogP) is 1.83. The fourth-order valence-corrected chi connectivity index (χ4v) is 2.52. The van der Waals surface area contributed by atoms with Gasteiger partial charge in [-0.05, 0) is 48.4 Å². The van der Waals surface area contributed by atoms with E-state index in [1.54, 1.807) is 16.7 Å². The van der Waals surface area contributed by atoms with Crippen LogP contribution in [0.15, 0.2) is 12.1 Å². The topological polar surface area (TPSA) is 12.0 Å². The van der Waals surface area contributed by atoms with Crippen LogP contribution in [0.25, 0.3) is 0 Å². The van der Waals surface area contributed by atoms with E-state index < -0.39 is 0 Å². The zero-order valence-corrected chi connectivity index (χ0v) is 15.3. The van der Waals surface area contributed by atoms with Crippen LogP contribution in [0.1, 0.15) is 28.8 Å². The molecule has 0 fully saturated rings. The monoisotopic (exact) mass is 341 g/mol. The number of hydrogen-bond acceptors (Lipinski definition) is 1. The summed E-state index contributed by atoms with van der Waals surface area (Å²) >= 11 is 0. The second kappa shape index (κ2) is 5.97. The SMILES string of the molecule is [Ba+2].[Ca+2].[H-].[H-].[H-].[H-].c1cc2c(c3c1CCC3)CCN2. The van der Waals surface area contributed by atoms with Gasteiger partial charge in [-0.25, -0.2) is 0 Å². The van der Waals surface area contributed by atoms with Crippen LogP contribution in [0.3, 0.4) is 0 Å². The Balaban J connectivity index is -0.000000163. The first-order valence-corrected chi connectivity index (χ1v) is 4.82. The standard InChI is InChI=1S/C11H13N.Ba.Ca.4H/c1-2-8-4-5-11-10(6-7-12-11)9(8)3-1;;;;;;/h4-5,12H,1-3,6-7H2;;;;;;/q;2*+2;4*-1. The van der Waals surface area contributed by atoms with Crippen molar-refractivity contribution in [3.8, 4) is 0 Å². The summed E-state index contributed by atoms with van der Waals surface area (Å²) in [5.74, 6) is 0. The molecule has 0 aromatic heterocycles. The molecule has 0 spiro atoms. The minimum atomic E-state index is 0. The molecule has 0 bridgehead atoms. The number of rotatable bonds is 0. The summed E-state index contributed by atoms with van der Waals surface area (Å²) < 4.78 is 0. The van der Waals surface area contributed by atoms with Crippen LogP contribution in [0.2, 0.25) is 0 Å². The van der Waals surface area contributed by atoms with Gasteiger partial charge in [0.2, 0.25) is 0 Å². The van der Waals surface area contributed by atoms with Crippen molar-refractivity contribution >= 4 is 92.3 Å². The molecule has 1 aromatic rings. The Morgan fingerprint density at radius 2 is 1.93 bits per heavy atom. The second-order valence-electron chi connectivity index (χ2n) is 3.76. The summed E-state index contributed by atoms with van der Waals surface area (Å²) in [6, 6.07) is 4.56. The van der Waals surface area contributed by atoms with E-state index in [-0.39, 0.29) is 92.3 Å². The minimum Gasteiger partial charge on any atom is -1.00 e. The zero-order valence-electron chi connectivity index (χ0n) is 12.6. The maximum absolute atomic E-state index is 3.43. The number of nitrogens with one attached hydrogen (secondary N) is 1. The summed E-state index contributed by atoms with van der Waals surface area (Å²) in [6.45, 7) is 1.14. The van der Waals surface area contributed by atoms with Crippen LogP contribution in [-0.4, -0.2) is 93.2 Å². The minimum absolute atomic E-state index is 0. The number of benzene rings is 1. The van der Waals surface area contributed by atoms with Gasteiger partial charge in [0.25, 0.3) is 0 Å². The fourth-order valence-electron chi connectivity index (χ4n) is 2.52. The van der Waals surface area contributed by atoms with Gasteiger partial charge in [-0.1, -0.05) is 6.07 Å². The van der Waals surface area contributed by atoms with E-state index in [4.69, 9.17) is 0 Å². The molecule has 1 N–H and O–H groups in total. The van der Waals surface area contributed by atoms with Crippen molar-refractivity contribution in [3.05, 3.63) is 28.8 Å². The van der Waals surface area contributed by atoms with E-state index in [1.807, 2.05) is 0 Å². The van der Waals surface area contributed by atoms with Crippen molar-refractivity contribution in [1.29, 1.82) is 0 Å². The van der Waals surface area contributed by atoms with E-state index >= 15 is 0 Å². The molecule has 0 radical (unpaired) electrons. The third-order valence-electron chi connectivity index (χ3n) is 3.09. The largest absolute Gasteiger partial charge is 2.00 e. The summed E-state index contributed by atoms with van der Waals surface area (Å²) in [4.78, 5) is 0. The quantitative estimate of drug-likeness (QED) is 0.711. The van der Waals surface area contributed by atoms with Gasteiger partial charge < -0.3 is 11.0 Å². The van der Waals surface area contributed by atoms with E-state index in [9.17, 15) is 0 Å². The Labute approximate surface area is 161 Å². The smallest absolute Gasteiger partial charge is 1.00 e. The van der Waals surface area contributed by atoms with Gasteiger partial charge in [0.15, 0.2) is 0 Å². The maximum atomic E-state index is 3.43. The van der Waals surface area contributed by atoms with Crippen molar-refractivity contribution in [2.24, 2.45) is 0 Å². The molecule has 1 heterocycles. The number of fused-ring (bicyclic) bond motifs is 3. The third kappa shape index (κ3) is 2.40. The molecule has 1 aromatic carbocycles. The van der Waals surface area contributed by atoms with Gasteiger partial charge in [0.05, 0.1) is 0 Å². The van der Waals surface area contributed by atoms with Gasteiger partial charge in [-0.3, -0.25) is 0 Å². The first kappa shape index (κ1) is 13.9. The molecule has 0 saturated heterocycles. The molecule has 14 heavy (non-hydrogen) atoms. The molecule has 1 aliphatic carbocycles. The average molecular weight is 341 g/mol. The molecule has 2 aliphatic rings. The molecular formula is C11H17BaCaN. The molecule has 3 rings (SSSR count). The van der Waals surface area contributed by atoms with Crippen LogP contribution < -0.4 is 5.32 Å². The van der Waals surface area contributed by atoms with Crippen molar-refractivity contribution in [2.45, 2.75) is 25.7 Å². The Morgan fingerprint density at radius 1 is 1.07 bits per heavy atom. The third-order valence-corrected chi connectivity index (χ3v) is 3.09. The van der Waals surface area contributed by atoms with E-state index in [2.05, 4.69) is 17.4 Å². The summed E-state index contributed by atoms with van der Waals surface area (Å²) in [7, 11) is 0. The molecule has 70 valence electrons. The summed E-state index contributed by atoms with van der Waals surface area (Å²) in [5.41, 5.74) is 6.29. The van der Waals surface area contributed by atoms with Gasteiger partial charge in [-0.2, -0.15) is 0 Å². The molecule has 0 unspecified atom stereocenters. The van der Waals surface area contributed by atoms with Gasteiger partial charge >= 0.3 is 86.6 Å². The van der Waals surface area contributed by atoms with E-state index in [0.717, 1.165) is 6.54 Å². The van der Waals surface area contributed by atoms with Gasteiger partial charge in [-0.15, -0.1) is 0 Å². The number of hydrogen-bond donors (Lipinski definition) is 1. The zero-order chi connectivity index (χ0) is 7.97. The maximum Gasteiger partial charge on any atom is 2.00 e. The average Bonchev–Trinajstić information content (AvgIpc) is 2.71. The second-order valence-corrected chi connectivity index (χ2v) is 3.76. The fraction of sp³-hybridized carbons (Fsp3) is 0.455. The van der Waals surface area contributed by atoms with Crippen LogP contribution >= 0.6 is 0 Å². The summed E-state index contributed by atoms with van der Waals surface area (Å²) in [5, 5.41) is 3.43. The Hall–Kier alpha value is 1.85. The number of anilines is 1. The summed E-state index contributed by atoms with van der Waals surface area (Å²) in [6.07, 6.45) is 5.24.